The Morgan fingerprint density at radius 1 is 1.11 bits per heavy atom. The Balaban J connectivity index is 1.44. The smallest absolute Gasteiger partial charge is 0.308 e. The van der Waals surface area contributed by atoms with Crippen LogP contribution in [0.1, 0.15) is 44.1 Å². The van der Waals surface area contributed by atoms with E-state index in [0.29, 0.717) is 24.6 Å². The zero-order chi connectivity index (χ0) is 20.1. The van der Waals surface area contributed by atoms with Crippen LogP contribution in [0.5, 0.6) is 0 Å². The van der Waals surface area contributed by atoms with Crippen molar-refractivity contribution in [1.82, 2.24) is 15.3 Å². The minimum Gasteiger partial charge on any atom is -0.469 e. The molecule has 4 N–H and O–H groups in total. The van der Waals surface area contributed by atoms with Crippen molar-refractivity contribution in [3.8, 4) is 0 Å². The molecule has 0 radical (unpaired) electrons. The maximum absolute atomic E-state index is 12.6. The van der Waals surface area contributed by atoms with E-state index in [1.165, 1.54) is 7.11 Å². The van der Waals surface area contributed by atoms with Crippen LogP contribution in [-0.2, 0) is 14.3 Å². The van der Waals surface area contributed by atoms with Crippen LogP contribution in [0.4, 0.5) is 5.95 Å². The van der Waals surface area contributed by atoms with Crippen LogP contribution in [0.25, 0.3) is 0 Å². The van der Waals surface area contributed by atoms with E-state index in [1.54, 1.807) is 12.4 Å². The summed E-state index contributed by atoms with van der Waals surface area (Å²) in [4.78, 5) is 34.8. The molecule has 0 aromatic carbocycles. The van der Waals surface area contributed by atoms with Crippen molar-refractivity contribution in [3.63, 3.8) is 0 Å². The lowest BCUT2D eigenvalue weighted by Crippen LogP contribution is -2.45. The third-order valence-corrected chi connectivity index (χ3v) is 5.71. The number of methoxy groups -OCH3 is 1. The first kappa shape index (κ1) is 20.0. The van der Waals surface area contributed by atoms with Crippen molar-refractivity contribution in [2.75, 3.05) is 25.1 Å². The van der Waals surface area contributed by atoms with E-state index in [0.717, 1.165) is 38.5 Å². The third kappa shape index (κ3) is 4.76. The average Bonchev–Trinajstić information content (AvgIpc) is 2.74. The van der Waals surface area contributed by atoms with Gasteiger partial charge in [-0.25, -0.2) is 9.97 Å². The van der Waals surface area contributed by atoms with Crippen molar-refractivity contribution < 1.29 is 14.3 Å². The second-order valence-electron chi connectivity index (χ2n) is 7.53. The molecule has 1 aromatic rings. The van der Waals surface area contributed by atoms with Crippen LogP contribution in [0.15, 0.2) is 12.4 Å². The van der Waals surface area contributed by atoms with Gasteiger partial charge in [-0.05, 0) is 38.5 Å². The third-order valence-electron chi connectivity index (χ3n) is 5.71. The van der Waals surface area contributed by atoms with Gasteiger partial charge in [0.25, 0.3) is 0 Å². The fraction of sp³-hybridized carbons (Fsp3) is 0.632. The van der Waals surface area contributed by atoms with E-state index >= 15 is 0 Å². The van der Waals surface area contributed by atoms with E-state index in [4.69, 9.17) is 15.9 Å². The van der Waals surface area contributed by atoms with Gasteiger partial charge in [-0.1, -0.05) is 0 Å². The molecule has 2 heterocycles. The topological polar surface area (TPSA) is 134 Å². The Bertz CT molecular complexity index is 707. The minimum atomic E-state index is -0.143. The van der Waals surface area contributed by atoms with E-state index in [2.05, 4.69) is 20.2 Å². The fourth-order valence-electron chi connectivity index (χ4n) is 3.92. The first-order valence-corrected chi connectivity index (χ1v) is 9.77. The van der Waals surface area contributed by atoms with Gasteiger partial charge in [-0.15, -0.1) is 0 Å². The zero-order valence-electron chi connectivity index (χ0n) is 16.2. The molecule has 0 spiro atoms. The van der Waals surface area contributed by atoms with Gasteiger partial charge in [-0.2, -0.15) is 0 Å². The molecule has 9 heteroatoms. The number of rotatable bonds is 5. The molecule has 28 heavy (non-hydrogen) atoms. The van der Waals surface area contributed by atoms with Gasteiger partial charge in [0, 0.05) is 37.4 Å². The number of aromatic nitrogens is 2. The number of piperidine rings is 1. The Labute approximate surface area is 164 Å². The number of carbonyl (C=O) groups is 2. The molecule has 0 atom stereocenters. The number of amides is 1. The van der Waals surface area contributed by atoms with Gasteiger partial charge >= 0.3 is 5.97 Å². The maximum Gasteiger partial charge on any atom is 0.308 e. The Kier molecular flexibility index (Phi) is 6.43. The molecular weight excluding hydrogens is 360 g/mol. The standard InChI is InChI=1S/C19H28N6O3/c1-28-18(27)13-2-4-15(5-3-13)24-17(26)12-6-8-25(9-7-12)19-22-10-14(11-23-19)16(20)21/h10-13,15H,2-9H2,1H3,(H3,20,21)(H,24,26). The number of amidine groups is 1. The van der Waals surface area contributed by atoms with Gasteiger partial charge in [0.2, 0.25) is 11.9 Å². The number of carbonyl (C=O) groups excluding carboxylic acids is 2. The van der Waals surface area contributed by atoms with Crippen LogP contribution in [0, 0.1) is 17.2 Å². The van der Waals surface area contributed by atoms with Gasteiger partial charge in [0.05, 0.1) is 18.6 Å². The number of hydrogen-bond acceptors (Lipinski definition) is 7. The van der Waals surface area contributed by atoms with Crippen molar-refractivity contribution in [3.05, 3.63) is 18.0 Å². The number of nitrogens with one attached hydrogen (secondary N) is 2. The largest absolute Gasteiger partial charge is 0.469 e. The van der Waals surface area contributed by atoms with E-state index in [-0.39, 0.29) is 35.6 Å². The van der Waals surface area contributed by atoms with E-state index < -0.39 is 0 Å². The van der Waals surface area contributed by atoms with E-state index in [9.17, 15) is 9.59 Å². The highest BCUT2D eigenvalue weighted by molar-refractivity contribution is 5.94. The lowest BCUT2D eigenvalue weighted by Gasteiger charge is -2.33. The molecule has 3 rings (SSSR count). The summed E-state index contributed by atoms with van der Waals surface area (Å²) in [5, 5.41) is 10.6. The number of nitrogens with zero attached hydrogens (tertiary/aromatic N) is 3. The SMILES string of the molecule is COC(=O)C1CCC(NC(=O)C2CCN(c3ncc(C(=N)N)cn3)CC2)CC1. The van der Waals surface area contributed by atoms with Gasteiger partial charge in [-0.3, -0.25) is 15.0 Å². The second kappa shape index (κ2) is 8.99. The van der Waals surface area contributed by atoms with Crippen LogP contribution in [0.3, 0.4) is 0 Å². The number of anilines is 1. The Hall–Kier alpha value is -2.71. The molecule has 1 aromatic heterocycles. The number of hydrogen-bond donors (Lipinski definition) is 3. The highest BCUT2D eigenvalue weighted by atomic mass is 16.5. The predicted octanol–water partition coefficient (Wildman–Crippen LogP) is 0.825. The highest BCUT2D eigenvalue weighted by Crippen LogP contribution is 2.26. The van der Waals surface area contributed by atoms with Crippen molar-refractivity contribution in [1.29, 1.82) is 5.41 Å². The normalized spacial score (nSPS) is 23.1. The summed E-state index contributed by atoms with van der Waals surface area (Å²) in [5.74, 6) is 0.471. The number of nitrogen functional groups attached to an aromatic ring is 1. The van der Waals surface area contributed by atoms with Crippen LogP contribution in [0.2, 0.25) is 0 Å². The summed E-state index contributed by atoms with van der Waals surface area (Å²) in [5.41, 5.74) is 5.92. The monoisotopic (exact) mass is 388 g/mol. The summed E-state index contributed by atoms with van der Waals surface area (Å²) >= 11 is 0. The first-order chi connectivity index (χ1) is 13.5. The lowest BCUT2D eigenvalue weighted by molar-refractivity contribution is -0.146. The second-order valence-corrected chi connectivity index (χ2v) is 7.53. The maximum atomic E-state index is 12.6. The molecule has 0 unspecified atom stereocenters. The van der Waals surface area contributed by atoms with Gasteiger partial charge < -0.3 is 20.7 Å². The zero-order valence-corrected chi connectivity index (χ0v) is 16.2. The molecule has 1 aliphatic heterocycles. The Morgan fingerprint density at radius 2 is 1.71 bits per heavy atom. The molecule has 1 saturated heterocycles. The molecule has 152 valence electrons. The molecular formula is C19H28N6O3. The summed E-state index contributed by atoms with van der Waals surface area (Å²) in [6.07, 6.45) is 7.78. The number of ether oxygens (including phenoxy) is 1. The summed E-state index contributed by atoms with van der Waals surface area (Å²) in [6, 6.07) is 0.147. The molecule has 2 aliphatic rings. The predicted molar refractivity (Wildman–Crippen MR) is 104 cm³/mol. The van der Waals surface area contributed by atoms with Crippen molar-refractivity contribution >= 4 is 23.7 Å². The van der Waals surface area contributed by atoms with Crippen LogP contribution < -0.4 is 16.0 Å². The number of esters is 1. The van der Waals surface area contributed by atoms with Crippen LogP contribution >= 0.6 is 0 Å². The van der Waals surface area contributed by atoms with E-state index in [1.807, 2.05) is 0 Å². The quantitative estimate of drug-likeness (QED) is 0.386. The molecule has 9 nitrogen and oxygen atoms in total. The summed E-state index contributed by atoms with van der Waals surface area (Å²) in [7, 11) is 1.42. The van der Waals surface area contributed by atoms with Gasteiger partial charge in [0.1, 0.15) is 5.84 Å². The summed E-state index contributed by atoms with van der Waals surface area (Å²) < 4.78 is 4.81. The summed E-state index contributed by atoms with van der Waals surface area (Å²) in [6.45, 7) is 1.43. The number of nitrogens with two attached hydrogens (primary N) is 1. The average molecular weight is 388 g/mol. The molecule has 1 saturated carbocycles. The molecule has 1 amide bonds. The fourth-order valence-corrected chi connectivity index (χ4v) is 3.92. The lowest BCUT2D eigenvalue weighted by atomic mass is 9.85. The highest BCUT2D eigenvalue weighted by Gasteiger charge is 2.31. The first-order valence-electron chi connectivity index (χ1n) is 9.77. The molecule has 2 fully saturated rings. The molecule has 0 bridgehead atoms. The van der Waals surface area contributed by atoms with Gasteiger partial charge in [0.15, 0.2) is 0 Å². The Morgan fingerprint density at radius 3 is 2.25 bits per heavy atom. The minimum absolute atomic E-state index is 0.00827. The van der Waals surface area contributed by atoms with Crippen molar-refractivity contribution in [2.24, 2.45) is 17.6 Å². The van der Waals surface area contributed by atoms with Crippen molar-refractivity contribution in [2.45, 2.75) is 44.6 Å². The molecule has 1 aliphatic carbocycles. The van der Waals surface area contributed by atoms with Crippen LogP contribution in [-0.4, -0.2) is 53.9 Å².